The first-order chi connectivity index (χ1) is 21.9. The van der Waals surface area contributed by atoms with E-state index >= 15 is 0 Å². The van der Waals surface area contributed by atoms with Gasteiger partial charge >= 0.3 is 18.4 Å². The highest BCUT2D eigenvalue weighted by Crippen LogP contribution is 2.39. The van der Waals surface area contributed by atoms with Gasteiger partial charge in [0.2, 0.25) is 17.7 Å². The molecule has 0 radical (unpaired) electrons. The number of amides is 2. The van der Waals surface area contributed by atoms with Crippen molar-refractivity contribution in [3.05, 3.63) is 29.7 Å². The molecule has 2 atom stereocenters. The fourth-order valence-electron chi connectivity index (χ4n) is 4.78. The molecule has 0 aliphatic carbocycles. The summed E-state index contributed by atoms with van der Waals surface area (Å²) in [6.07, 6.45) is -1.77. The summed E-state index contributed by atoms with van der Waals surface area (Å²) in [5.74, 6) is -0.822. The van der Waals surface area contributed by atoms with Crippen molar-refractivity contribution < 1.29 is 46.6 Å². The minimum absolute atomic E-state index is 0.0179. The number of alkyl carbamates (subject to hydrolysis) is 1. The number of benzene rings is 1. The molecule has 1 aliphatic rings. The smallest absolute Gasteiger partial charge is 0.437 e. The molecule has 15 heteroatoms. The largest absolute Gasteiger partial charge is 0.493 e. The lowest BCUT2D eigenvalue weighted by Gasteiger charge is -2.27. The summed E-state index contributed by atoms with van der Waals surface area (Å²) in [5, 5.41) is 16.9. The first-order valence-electron chi connectivity index (χ1n) is 15.8. The Kier molecular flexibility index (Phi) is 12.6. The zero-order valence-corrected chi connectivity index (χ0v) is 28.1. The fraction of sp³-hybridized carbons (Fsp3) is 0.656. The number of nitrogens with zero attached hydrogens (tertiary/aromatic N) is 4. The van der Waals surface area contributed by atoms with Crippen molar-refractivity contribution in [2.24, 2.45) is 4.99 Å². The summed E-state index contributed by atoms with van der Waals surface area (Å²) < 4.78 is 63.6. The number of nitrogens with one attached hydrogen (secondary N) is 1. The predicted octanol–water partition coefficient (Wildman–Crippen LogP) is 7.42. The first-order valence-corrected chi connectivity index (χ1v) is 15.8. The van der Waals surface area contributed by atoms with E-state index < -0.39 is 47.3 Å². The number of likely N-dealkylation sites (tertiary alicyclic amines) is 1. The molecule has 3 rings (SSSR count). The number of aliphatic hydroxyl groups excluding tert-OH is 1. The van der Waals surface area contributed by atoms with E-state index in [0.717, 1.165) is 38.2 Å². The van der Waals surface area contributed by atoms with Gasteiger partial charge in [0.1, 0.15) is 23.0 Å². The van der Waals surface area contributed by atoms with Crippen LogP contribution in [-0.4, -0.2) is 68.8 Å². The standard InChI is InChI=1S/C32H46F3N5O7/c1-8-9-10-11-12-13-16-44-24-15-14-20(17-22(24)32(33,34)35)25-36-26(47-39-25)23-18-21(41)19-40(23)27(37-28(42)45-30(2,3)4)38-29(43)46-31(5,6)7/h14-15,17,21,23,41H,8-13,16,18-19H2,1-7H3,(H,37,38,42,43). The zero-order valence-electron chi connectivity index (χ0n) is 28.1. The average Bonchev–Trinajstić information content (AvgIpc) is 3.56. The Morgan fingerprint density at radius 1 is 1.04 bits per heavy atom. The van der Waals surface area contributed by atoms with Crippen LogP contribution in [-0.2, 0) is 15.7 Å². The number of guanidine groups is 1. The summed E-state index contributed by atoms with van der Waals surface area (Å²) in [4.78, 5) is 34.9. The third-order valence-corrected chi connectivity index (χ3v) is 6.78. The Labute approximate surface area is 273 Å². The van der Waals surface area contributed by atoms with Crippen LogP contribution in [0.2, 0.25) is 0 Å². The molecule has 2 heterocycles. The molecule has 1 aromatic heterocycles. The number of carbonyl (C=O) groups excluding carboxylic acids is 2. The van der Waals surface area contributed by atoms with Crippen molar-refractivity contribution in [1.29, 1.82) is 0 Å². The van der Waals surface area contributed by atoms with Crippen LogP contribution in [0.3, 0.4) is 0 Å². The van der Waals surface area contributed by atoms with E-state index in [1.54, 1.807) is 41.5 Å². The van der Waals surface area contributed by atoms with Crippen molar-refractivity contribution >= 4 is 18.1 Å². The minimum Gasteiger partial charge on any atom is -0.493 e. The highest BCUT2D eigenvalue weighted by Gasteiger charge is 2.40. The zero-order chi connectivity index (χ0) is 35.0. The fourth-order valence-corrected chi connectivity index (χ4v) is 4.78. The highest BCUT2D eigenvalue weighted by molar-refractivity contribution is 5.99. The van der Waals surface area contributed by atoms with Crippen molar-refractivity contribution in [3.8, 4) is 17.1 Å². The van der Waals surface area contributed by atoms with Gasteiger partial charge in [-0.2, -0.15) is 18.2 Å². The maximum atomic E-state index is 14.0. The molecule has 1 aliphatic heterocycles. The minimum atomic E-state index is -4.70. The van der Waals surface area contributed by atoms with Crippen LogP contribution in [0.1, 0.15) is 111 Å². The molecule has 1 fully saturated rings. The molecule has 2 amide bonds. The number of hydrogen-bond acceptors (Lipinski definition) is 9. The third kappa shape index (κ3) is 12.0. The van der Waals surface area contributed by atoms with Crippen LogP contribution >= 0.6 is 0 Å². The van der Waals surface area contributed by atoms with Gasteiger partial charge in [0, 0.05) is 18.5 Å². The summed E-state index contributed by atoms with van der Waals surface area (Å²) >= 11 is 0. The molecule has 2 N–H and O–H groups in total. The molecule has 2 aromatic rings. The molecular formula is C32H46F3N5O7. The molecule has 0 saturated carbocycles. The molecule has 262 valence electrons. The molecule has 0 bridgehead atoms. The molecule has 12 nitrogen and oxygen atoms in total. The van der Waals surface area contributed by atoms with Crippen molar-refractivity contribution in [2.45, 2.75) is 123 Å². The number of aromatic nitrogens is 2. The average molecular weight is 670 g/mol. The summed E-state index contributed by atoms with van der Waals surface area (Å²) in [5.41, 5.74) is -2.72. The number of rotatable bonds is 10. The lowest BCUT2D eigenvalue weighted by atomic mass is 10.1. The number of aliphatic hydroxyl groups is 1. The summed E-state index contributed by atoms with van der Waals surface area (Å²) in [7, 11) is 0. The molecule has 47 heavy (non-hydrogen) atoms. The number of carbonyl (C=O) groups is 2. The molecule has 0 spiro atoms. The predicted molar refractivity (Wildman–Crippen MR) is 167 cm³/mol. The topological polar surface area (TPSA) is 149 Å². The first kappa shape index (κ1) is 37.6. The monoisotopic (exact) mass is 669 g/mol. The summed E-state index contributed by atoms with van der Waals surface area (Å²) in [6, 6.07) is 2.62. The maximum Gasteiger partial charge on any atom is 0.437 e. The van der Waals surface area contributed by atoms with Crippen LogP contribution in [0.25, 0.3) is 11.4 Å². The van der Waals surface area contributed by atoms with E-state index in [-0.39, 0.29) is 48.6 Å². The number of β-amino-alcohol motifs (C(OH)–C–C–N with tert-alkyl or cyclic N) is 1. The maximum absolute atomic E-state index is 14.0. The van der Waals surface area contributed by atoms with E-state index in [1.807, 2.05) is 0 Å². The van der Waals surface area contributed by atoms with Crippen LogP contribution in [0.15, 0.2) is 27.7 Å². The van der Waals surface area contributed by atoms with E-state index in [4.69, 9.17) is 18.7 Å². The van der Waals surface area contributed by atoms with Gasteiger partial charge in [-0.05, 0) is 66.2 Å². The van der Waals surface area contributed by atoms with Crippen LogP contribution in [0.4, 0.5) is 22.8 Å². The van der Waals surface area contributed by atoms with Gasteiger partial charge in [-0.25, -0.2) is 9.59 Å². The molecule has 2 unspecified atom stereocenters. The van der Waals surface area contributed by atoms with Crippen LogP contribution in [0.5, 0.6) is 5.75 Å². The SMILES string of the molecule is CCCCCCCCOc1ccc(-c2noc(C3CC(O)CN3C(=NC(=O)OC(C)(C)C)NC(=O)OC(C)(C)C)n2)cc1C(F)(F)F. The number of alkyl halides is 3. The molecule has 1 aromatic carbocycles. The van der Waals surface area contributed by atoms with Gasteiger partial charge in [0.05, 0.1) is 18.3 Å². The number of hydrogen-bond donors (Lipinski definition) is 2. The van der Waals surface area contributed by atoms with Crippen molar-refractivity contribution in [2.75, 3.05) is 13.2 Å². The van der Waals surface area contributed by atoms with Gasteiger partial charge in [0.25, 0.3) is 0 Å². The van der Waals surface area contributed by atoms with E-state index in [2.05, 4.69) is 27.4 Å². The Bertz CT molecular complexity index is 1380. The molecular weight excluding hydrogens is 623 g/mol. The van der Waals surface area contributed by atoms with Gasteiger partial charge < -0.3 is 28.7 Å². The number of halogens is 3. The Hall–Kier alpha value is -3.88. The second-order valence-corrected chi connectivity index (χ2v) is 13.4. The number of ether oxygens (including phenoxy) is 3. The van der Waals surface area contributed by atoms with Gasteiger partial charge in [-0.3, -0.25) is 5.32 Å². The van der Waals surface area contributed by atoms with Crippen LogP contribution < -0.4 is 10.1 Å². The second kappa shape index (κ2) is 15.8. The van der Waals surface area contributed by atoms with Gasteiger partial charge in [-0.1, -0.05) is 44.2 Å². The van der Waals surface area contributed by atoms with E-state index in [0.29, 0.717) is 6.42 Å². The normalized spacial score (nSPS) is 17.5. The van der Waals surface area contributed by atoms with Gasteiger partial charge in [0.15, 0.2) is 0 Å². The number of unbranched alkanes of at least 4 members (excludes halogenated alkanes) is 5. The quantitative estimate of drug-likeness (QED) is 0.149. The Morgan fingerprint density at radius 3 is 2.34 bits per heavy atom. The highest BCUT2D eigenvalue weighted by atomic mass is 19.4. The van der Waals surface area contributed by atoms with E-state index in [1.165, 1.54) is 17.0 Å². The lowest BCUT2D eigenvalue weighted by Crippen LogP contribution is -2.46. The van der Waals surface area contributed by atoms with Crippen molar-refractivity contribution in [3.63, 3.8) is 0 Å². The van der Waals surface area contributed by atoms with Crippen LogP contribution in [0, 0.1) is 0 Å². The Balaban J connectivity index is 1.86. The summed E-state index contributed by atoms with van der Waals surface area (Å²) in [6.45, 7) is 12.0. The third-order valence-electron chi connectivity index (χ3n) is 6.78. The van der Waals surface area contributed by atoms with Gasteiger partial charge in [-0.15, -0.1) is 4.99 Å². The van der Waals surface area contributed by atoms with E-state index in [9.17, 15) is 27.9 Å². The second-order valence-electron chi connectivity index (χ2n) is 13.4. The lowest BCUT2D eigenvalue weighted by molar-refractivity contribution is -0.138. The number of aliphatic imine (C=N–C) groups is 1. The van der Waals surface area contributed by atoms with Crippen molar-refractivity contribution in [1.82, 2.24) is 20.4 Å². The molecule has 1 saturated heterocycles. The Morgan fingerprint density at radius 2 is 1.70 bits per heavy atom.